The summed E-state index contributed by atoms with van der Waals surface area (Å²) in [7, 11) is 0. The number of nitrogens with zero attached hydrogens (tertiary/aromatic N) is 1. The van der Waals surface area contributed by atoms with Crippen LogP contribution >= 0.6 is 23.2 Å². The van der Waals surface area contributed by atoms with Crippen LogP contribution in [0.1, 0.15) is 25.0 Å². The van der Waals surface area contributed by atoms with Gasteiger partial charge in [-0.1, -0.05) is 37.0 Å². The third-order valence-corrected chi connectivity index (χ3v) is 3.43. The Labute approximate surface area is 135 Å². The van der Waals surface area contributed by atoms with Crippen molar-refractivity contribution in [2.24, 2.45) is 0 Å². The highest BCUT2D eigenvalue weighted by Crippen LogP contribution is 2.32. The van der Waals surface area contributed by atoms with Gasteiger partial charge in [0.25, 0.3) is 0 Å². The average molecular weight is 325 g/mol. The molecule has 0 radical (unpaired) electrons. The number of halogens is 2. The molecule has 112 valence electrons. The number of nitrogens with one attached hydrogen (secondary N) is 1. The first-order valence-electron chi connectivity index (χ1n) is 6.77. The second-order valence-corrected chi connectivity index (χ2v) is 6.02. The maximum atomic E-state index is 6.10. The van der Waals surface area contributed by atoms with E-state index in [-0.39, 0.29) is 0 Å². The molecule has 1 aromatic heterocycles. The number of rotatable bonds is 5. The van der Waals surface area contributed by atoms with Crippen molar-refractivity contribution < 1.29 is 4.74 Å². The van der Waals surface area contributed by atoms with Crippen LogP contribution in [0.25, 0.3) is 0 Å². The molecule has 3 nitrogen and oxygen atoms in total. The van der Waals surface area contributed by atoms with Crippen molar-refractivity contribution in [3.05, 3.63) is 51.6 Å². The number of hydrogen-bond acceptors (Lipinski definition) is 3. The van der Waals surface area contributed by atoms with Crippen molar-refractivity contribution in [3.8, 4) is 11.6 Å². The molecule has 0 amide bonds. The molecule has 1 aromatic carbocycles. The number of pyridine rings is 1. The largest absolute Gasteiger partial charge is 0.437 e. The summed E-state index contributed by atoms with van der Waals surface area (Å²) in [5.74, 6) is 1.09. The molecule has 2 rings (SSSR count). The maximum Gasteiger partial charge on any atom is 0.222 e. The molecule has 0 aliphatic carbocycles. The van der Waals surface area contributed by atoms with Crippen LogP contribution in [0, 0.1) is 6.92 Å². The lowest BCUT2D eigenvalue weighted by molar-refractivity contribution is 0.458. The number of aryl methyl sites for hydroxylation is 1. The Hall–Kier alpha value is -1.29. The van der Waals surface area contributed by atoms with Gasteiger partial charge in [0, 0.05) is 29.4 Å². The third kappa shape index (κ3) is 4.60. The summed E-state index contributed by atoms with van der Waals surface area (Å²) in [5, 5.41) is 4.40. The van der Waals surface area contributed by atoms with Gasteiger partial charge < -0.3 is 10.1 Å². The van der Waals surface area contributed by atoms with Crippen LogP contribution in [0.4, 0.5) is 0 Å². The minimum Gasteiger partial charge on any atom is -0.437 e. The Morgan fingerprint density at radius 3 is 2.62 bits per heavy atom. The van der Waals surface area contributed by atoms with Crippen LogP contribution in [0.2, 0.25) is 10.0 Å². The van der Waals surface area contributed by atoms with Gasteiger partial charge in [0.15, 0.2) is 0 Å². The van der Waals surface area contributed by atoms with Crippen molar-refractivity contribution in [1.29, 1.82) is 0 Å². The summed E-state index contributed by atoms with van der Waals surface area (Å²) in [5.41, 5.74) is 2.08. The fraction of sp³-hybridized carbons (Fsp3) is 0.312. The predicted molar refractivity (Wildman–Crippen MR) is 87.5 cm³/mol. The van der Waals surface area contributed by atoms with Crippen molar-refractivity contribution in [1.82, 2.24) is 10.3 Å². The van der Waals surface area contributed by atoms with Crippen molar-refractivity contribution in [2.45, 2.75) is 33.4 Å². The van der Waals surface area contributed by atoms with E-state index < -0.39 is 0 Å². The zero-order valence-corrected chi connectivity index (χ0v) is 13.8. The number of benzene rings is 1. The summed E-state index contributed by atoms with van der Waals surface area (Å²) in [4.78, 5) is 4.36. The van der Waals surface area contributed by atoms with Crippen LogP contribution in [0.3, 0.4) is 0 Å². The first-order valence-corrected chi connectivity index (χ1v) is 7.53. The lowest BCUT2D eigenvalue weighted by Crippen LogP contribution is -2.21. The van der Waals surface area contributed by atoms with Crippen molar-refractivity contribution >= 4 is 23.2 Å². The molecule has 0 unspecified atom stereocenters. The van der Waals surface area contributed by atoms with E-state index in [1.165, 1.54) is 0 Å². The standard InChI is InChI=1S/C16H18Cl2N2O/c1-10(2)19-8-12-6-11(3)16(20-9-12)21-15-5-4-13(17)7-14(15)18/h4-7,9-10,19H,8H2,1-3H3. The van der Waals surface area contributed by atoms with Crippen LogP contribution < -0.4 is 10.1 Å². The molecule has 0 atom stereocenters. The molecule has 0 saturated carbocycles. The minimum atomic E-state index is 0.439. The van der Waals surface area contributed by atoms with Crippen LogP contribution in [0.5, 0.6) is 11.6 Å². The molecule has 0 fully saturated rings. The first-order chi connectivity index (χ1) is 9.95. The van der Waals surface area contributed by atoms with E-state index in [4.69, 9.17) is 27.9 Å². The fourth-order valence-corrected chi connectivity index (χ4v) is 2.26. The third-order valence-electron chi connectivity index (χ3n) is 2.90. The molecule has 1 heterocycles. The highest BCUT2D eigenvalue weighted by Gasteiger charge is 2.08. The number of ether oxygens (including phenoxy) is 1. The van der Waals surface area contributed by atoms with Crippen LogP contribution in [0.15, 0.2) is 30.5 Å². The summed E-state index contributed by atoms with van der Waals surface area (Å²) in [6, 6.07) is 7.61. The van der Waals surface area contributed by atoms with E-state index in [0.717, 1.165) is 17.7 Å². The van der Waals surface area contributed by atoms with Gasteiger partial charge in [0.05, 0.1) is 5.02 Å². The van der Waals surface area contributed by atoms with Gasteiger partial charge in [-0.05, 0) is 36.8 Å². The molecule has 0 saturated heterocycles. The summed E-state index contributed by atoms with van der Waals surface area (Å²) in [6.07, 6.45) is 1.81. The zero-order chi connectivity index (χ0) is 15.4. The van der Waals surface area contributed by atoms with Crippen LogP contribution in [-0.2, 0) is 6.54 Å². The number of aromatic nitrogens is 1. The van der Waals surface area contributed by atoms with E-state index in [9.17, 15) is 0 Å². The molecule has 0 bridgehead atoms. The van der Waals surface area contributed by atoms with Gasteiger partial charge in [-0.2, -0.15) is 0 Å². The molecular formula is C16H18Cl2N2O. The van der Waals surface area contributed by atoms with Crippen molar-refractivity contribution in [2.75, 3.05) is 0 Å². The molecule has 0 spiro atoms. The SMILES string of the molecule is Cc1cc(CNC(C)C)cnc1Oc1ccc(Cl)cc1Cl. The van der Waals surface area contributed by atoms with E-state index in [1.54, 1.807) is 18.2 Å². The van der Waals surface area contributed by atoms with Gasteiger partial charge in [0.2, 0.25) is 5.88 Å². The average Bonchev–Trinajstić information content (AvgIpc) is 2.42. The Balaban J connectivity index is 2.13. The monoisotopic (exact) mass is 324 g/mol. The summed E-state index contributed by atoms with van der Waals surface area (Å²) < 4.78 is 5.75. The van der Waals surface area contributed by atoms with Gasteiger partial charge in [0.1, 0.15) is 5.75 Å². The molecular weight excluding hydrogens is 307 g/mol. The molecule has 21 heavy (non-hydrogen) atoms. The molecule has 2 aromatic rings. The normalized spacial score (nSPS) is 11.0. The zero-order valence-electron chi connectivity index (χ0n) is 12.3. The van der Waals surface area contributed by atoms with E-state index in [1.807, 2.05) is 13.1 Å². The Morgan fingerprint density at radius 2 is 2.00 bits per heavy atom. The minimum absolute atomic E-state index is 0.439. The second-order valence-electron chi connectivity index (χ2n) is 5.18. The Kier molecular flexibility index (Phi) is 5.45. The summed E-state index contributed by atoms with van der Waals surface area (Å²) in [6.45, 7) is 6.97. The maximum absolute atomic E-state index is 6.10. The lowest BCUT2D eigenvalue weighted by atomic mass is 10.2. The molecule has 5 heteroatoms. The summed E-state index contributed by atoms with van der Waals surface area (Å²) >= 11 is 12.0. The fourth-order valence-electron chi connectivity index (χ4n) is 1.81. The first kappa shape index (κ1) is 16.1. The highest BCUT2D eigenvalue weighted by atomic mass is 35.5. The smallest absolute Gasteiger partial charge is 0.222 e. The predicted octanol–water partition coefficient (Wildman–Crippen LogP) is 4.99. The highest BCUT2D eigenvalue weighted by molar-refractivity contribution is 6.35. The lowest BCUT2D eigenvalue weighted by Gasteiger charge is -2.12. The van der Waals surface area contributed by atoms with Gasteiger partial charge in [-0.15, -0.1) is 0 Å². The Bertz CT molecular complexity index is 630. The van der Waals surface area contributed by atoms with Gasteiger partial charge >= 0.3 is 0 Å². The van der Waals surface area contributed by atoms with Crippen LogP contribution in [-0.4, -0.2) is 11.0 Å². The quantitative estimate of drug-likeness (QED) is 0.841. The van der Waals surface area contributed by atoms with Gasteiger partial charge in [-0.25, -0.2) is 4.98 Å². The second kappa shape index (κ2) is 7.12. The molecule has 0 aliphatic heterocycles. The van der Waals surface area contributed by atoms with E-state index >= 15 is 0 Å². The van der Waals surface area contributed by atoms with E-state index in [0.29, 0.717) is 27.7 Å². The van der Waals surface area contributed by atoms with Crippen molar-refractivity contribution in [3.63, 3.8) is 0 Å². The Morgan fingerprint density at radius 1 is 1.24 bits per heavy atom. The molecule has 1 N–H and O–H groups in total. The topological polar surface area (TPSA) is 34.2 Å². The molecule has 0 aliphatic rings. The van der Waals surface area contributed by atoms with Gasteiger partial charge in [-0.3, -0.25) is 0 Å². The van der Waals surface area contributed by atoms with E-state index in [2.05, 4.69) is 30.2 Å². The number of hydrogen-bond donors (Lipinski definition) is 1.